The fraction of sp³-hybridized carbons (Fsp3) is 0.250. The van der Waals surface area contributed by atoms with Crippen LogP contribution in [0.3, 0.4) is 0 Å². The SMILES string of the molecule is CC(C)(C)c1ccc(-c2ccc(-c3ccc(-c4ccc(C(C)(C)C)cc4)cc3)cc2)cc1. The van der Waals surface area contributed by atoms with Crippen molar-refractivity contribution in [2.45, 2.75) is 52.4 Å². The molecule has 0 aliphatic heterocycles. The molecule has 0 aromatic heterocycles. The van der Waals surface area contributed by atoms with Gasteiger partial charge in [0.1, 0.15) is 0 Å². The van der Waals surface area contributed by atoms with Crippen LogP contribution in [0, 0.1) is 0 Å². The molecule has 0 heteroatoms. The first-order chi connectivity index (χ1) is 15.1. The summed E-state index contributed by atoms with van der Waals surface area (Å²) in [6.45, 7) is 13.5. The highest BCUT2D eigenvalue weighted by atomic mass is 14.2. The molecule has 0 N–H and O–H groups in total. The zero-order valence-electron chi connectivity index (χ0n) is 20.2. The molecule has 0 saturated carbocycles. The minimum Gasteiger partial charge on any atom is -0.0579 e. The van der Waals surface area contributed by atoms with Crippen molar-refractivity contribution in [2.75, 3.05) is 0 Å². The number of hydrogen-bond acceptors (Lipinski definition) is 0. The Hall–Kier alpha value is -3.12. The van der Waals surface area contributed by atoms with Gasteiger partial charge < -0.3 is 0 Å². The molecule has 0 atom stereocenters. The molecule has 0 nitrogen and oxygen atoms in total. The molecule has 4 aromatic carbocycles. The first-order valence-electron chi connectivity index (χ1n) is 11.5. The van der Waals surface area contributed by atoms with Crippen LogP contribution in [-0.2, 0) is 10.8 Å². The molecule has 0 spiro atoms. The van der Waals surface area contributed by atoms with Crippen molar-refractivity contribution in [3.63, 3.8) is 0 Å². The molecule has 32 heavy (non-hydrogen) atoms. The molecule has 0 unspecified atom stereocenters. The van der Waals surface area contributed by atoms with E-state index < -0.39 is 0 Å². The molecule has 0 amide bonds. The third kappa shape index (κ3) is 4.86. The average molecular weight is 419 g/mol. The van der Waals surface area contributed by atoms with E-state index >= 15 is 0 Å². The molecule has 0 bridgehead atoms. The largest absolute Gasteiger partial charge is 0.0579 e. The fourth-order valence-electron chi connectivity index (χ4n) is 4.04. The summed E-state index contributed by atoms with van der Waals surface area (Å²) in [5.74, 6) is 0. The monoisotopic (exact) mass is 418 g/mol. The van der Waals surface area contributed by atoms with E-state index in [1.807, 2.05) is 0 Å². The van der Waals surface area contributed by atoms with Gasteiger partial charge in [0.25, 0.3) is 0 Å². The second kappa shape index (κ2) is 8.43. The van der Waals surface area contributed by atoms with Crippen LogP contribution in [0.15, 0.2) is 97.1 Å². The number of rotatable bonds is 3. The van der Waals surface area contributed by atoms with Crippen LogP contribution in [0.1, 0.15) is 52.7 Å². The van der Waals surface area contributed by atoms with E-state index in [-0.39, 0.29) is 10.8 Å². The van der Waals surface area contributed by atoms with Crippen LogP contribution in [0.2, 0.25) is 0 Å². The molecule has 0 aliphatic rings. The Bertz CT molecular complexity index is 1060. The lowest BCUT2D eigenvalue weighted by Crippen LogP contribution is -2.10. The van der Waals surface area contributed by atoms with E-state index in [4.69, 9.17) is 0 Å². The summed E-state index contributed by atoms with van der Waals surface area (Å²) in [5, 5.41) is 0. The smallest absolute Gasteiger partial charge is 0.0132 e. The standard InChI is InChI=1S/C32H34/c1-31(2,3)29-19-15-27(16-20-29)25-11-7-23(8-12-25)24-9-13-26(14-10-24)28-17-21-30(22-18-28)32(4,5)6/h7-22H,1-6H3. The maximum Gasteiger partial charge on any atom is -0.0132 e. The normalized spacial score (nSPS) is 12.1. The van der Waals surface area contributed by atoms with Crippen molar-refractivity contribution in [3.8, 4) is 33.4 Å². The van der Waals surface area contributed by atoms with Crippen LogP contribution in [0.25, 0.3) is 33.4 Å². The Morgan fingerprint density at radius 3 is 0.594 bits per heavy atom. The minimum atomic E-state index is 0.184. The predicted octanol–water partition coefficient (Wildman–Crippen LogP) is 9.28. The van der Waals surface area contributed by atoms with Crippen LogP contribution in [0.4, 0.5) is 0 Å². The molecular weight excluding hydrogens is 384 g/mol. The van der Waals surface area contributed by atoms with Crippen LogP contribution < -0.4 is 0 Å². The molecule has 162 valence electrons. The molecular formula is C32H34. The van der Waals surface area contributed by atoms with Crippen LogP contribution in [0.5, 0.6) is 0 Å². The van der Waals surface area contributed by atoms with Crippen molar-refractivity contribution in [2.24, 2.45) is 0 Å². The molecule has 0 heterocycles. The Balaban J connectivity index is 1.51. The zero-order chi connectivity index (χ0) is 22.9. The van der Waals surface area contributed by atoms with Gasteiger partial charge in [-0.25, -0.2) is 0 Å². The van der Waals surface area contributed by atoms with Crippen molar-refractivity contribution >= 4 is 0 Å². The van der Waals surface area contributed by atoms with Crippen molar-refractivity contribution in [1.82, 2.24) is 0 Å². The van der Waals surface area contributed by atoms with E-state index in [2.05, 4.69) is 139 Å². The first kappa shape index (κ1) is 22.1. The summed E-state index contributed by atoms with van der Waals surface area (Å²) in [7, 11) is 0. The van der Waals surface area contributed by atoms with Crippen molar-refractivity contribution in [3.05, 3.63) is 108 Å². The summed E-state index contributed by atoms with van der Waals surface area (Å²) in [4.78, 5) is 0. The van der Waals surface area contributed by atoms with Crippen LogP contribution >= 0.6 is 0 Å². The highest BCUT2D eigenvalue weighted by Crippen LogP contribution is 2.30. The lowest BCUT2D eigenvalue weighted by Gasteiger charge is -2.19. The van der Waals surface area contributed by atoms with Gasteiger partial charge in [-0.15, -0.1) is 0 Å². The second-order valence-electron chi connectivity index (χ2n) is 10.8. The van der Waals surface area contributed by atoms with Gasteiger partial charge in [-0.05, 0) is 55.3 Å². The third-order valence-corrected chi connectivity index (χ3v) is 6.27. The van der Waals surface area contributed by atoms with Crippen LogP contribution in [-0.4, -0.2) is 0 Å². The van der Waals surface area contributed by atoms with E-state index in [1.54, 1.807) is 0 Å². The third-order valence-electron chi connectivity index (χ3n) is 6.27. The Morgan fingerprint density at radius 2 is 0.438 bits per heavy atom. The summed E-state index contributed by atoms with van der Waals surface area (Å²) in [6, 6.07) is 35.7. The summed E-state index contributed by atoms with van der Waals surface area (Å²) < 4.78 is 0. The minimum absolute atomic E-state index is 0.184. The number of benzene rings is 4. The van der Waals surface area contributed by atoms with Gasteiger partial charge in [0.15, 0.2) is 0 Å². The highest BCUT2D eigenvalue weighted by Gasteiger charge is 2.14. The van der Waals surface area contributed by atoms with E-state index in [9.17, 15) is 0 Å². The Labute approximate surface area is 194 Å². The lowest BCUT2D eigenvalue weighted by molar-refractivity contribution is 0.590. The molecule has 0 saturated heterocycles. The van der Waals surface area contributed by atoms with Gasteiger partial charge in [0, 0.05) is 0 Å². The van der Waals surface area contributed by atoms with Gasteiger partial charge >= 0.3 is 0 Å². The molecule has 4 rings (SSSR count). The van der Waals surface area contributed by atoms with Gasteiger partial charge in [-0.1, -0.05) is 139 Å². The molecule has 0 fully saturated rings. The summed E-state index contributed by atoms with van der Waals surface area (Å²) in [5.41, 5.74) is 10.6. The predicted molar refractivity (Wildman–Crippen MR) is 140 cm³/mol. The van der Waals surface area contributed by atoms with Gasteiger partial charge in [0.05, 0.1) is 0 Å². The highest BCUT2D eigenvalue weighted by molar-refractivity contribution is 5.73. The topological polar surface area (TPSA) is 0 Å². The summed E-state index contributed by atoms with van der Waals surface area (Å²) in [6.07, 6.45) is 0. The molecule has 0 aliphatic carbocycles. The molecule has 0 radical (unpaired) electrons. The number of hydrogen-bond donors (Lipinski definition) is 0. The van der Waals surface area contributed by atoms with E-state index in [0.717, 1.165) is 0 Å². The second-order valence-corrected chi connectivity index (χ2v) is 10.8. The quantitative estimate of drug-likeness (QED) is 0.311. The van der Waals surface area contributed by atoms with E-state index in [0.29, 0.717) is 0 Å². The Morgan fingerprint density at radius 1 is 0.281 bits per heavy atom. The van der Waals surface area contributed by atoms with Crippen molar-refractivity contribution < 1.29 is 0 Å². The van der Waals surface area contributed by atoms with Gasteiger partial charge in [-0.2, -0.15) is 0 Å². The Kier molecular flexibility index (Phi) is 5.82. The van der Waals surface area contributed by atoms with E-state index in [1.165, 1.54) is 44.5 Å². The van der Waals surface area contributed by atoms with Gasteiger partial charge in [0.2, 0.25) is 0 Å². The first-order valence-corrected chi connectivity index (χ1v) is 11.5. The fourth-order valence-corrected chi connectivity index (χ4v) is 4.04. The maximum absolute atomic E-state index is 2.25. The average Bonchev–Trinajstić information content (AvgIpc) is 2.78. The lowest BCUT2D eigenvalue weighted by atomic mass is 9.86. The maximum atomic E-state index is 2.25. The molecule has 4 aromatic rings. The van der Waals surface area contributed by atoms with Crippen molar-refractivity contribution in [1.29, 1.82) is 0 Å². The summed E-state index contributed by atoms with van der Waals surface area (Å²) >= 11 is 0. The zero-order valence-corrected chi connectivity index (χ0v) is 20.2. The van der Waals surface area contributed by atoms with Gasteiger partial charge in [-0.3, -0.25) is 0 Å².